The van der Waals surface area contributed by atoms with Crippen LogP contribution in [0, 0.1) is 5.82 Å². The molecule has 0 heterocycles. The second-order valence-electron chi connectivity index (χ2n) is 4.89. The van der Waals surface area contributed by atoms with Crippen molar-refractivity contribution in [2.45, 2.75) is 13.0 Å². The molecule has 24 heavy (non-hydrogen) atoms. The zero-order chi connectivity index (χ0) is 17.7. The fourth-order valence-electron chi connectivity index (χ4n) is 1.87. The van der Waals surface area contributed by atoms with Crippen LogP contribution in [0.25, 0.3) is 0 Å². The van der Waals surface area contributed by atoms with Crippen molar-refractivity contribution in [1.29, 1.82) is 0 Å². The van der Waals surface area contributed by atoms with Gasteiger partial charge >= 0.3 is 5.97 Å². The molecule has 0 spiro atoms. The van der Waals surface area contributed by atoms with E-state index in [1.807, 2.05) is 0 Å². The van der Waals surface area contributed by atoms with Crippen molar-refractivity contribution in [3.63, 3.8) is 0 Å². The summed E-state index contributed by atoms with van der Waals surface area (Å²) in [6.45, 7) is 1.53. The van der Waals surface area contributed by atoms with Gasteiger partial charge in [-0.1, -0.05) is 11.6 Å². The Morgan fingerprint density at radius 3 is 2.42 bits per heavy atom. The van der Waals surface area contributed by atoms with Gasteiger partial charge in [0, 0.05) is 5.02 Å². The number of rotatable bonds is 5. The van der Waals surface area contributed by atoms with Crippen LogP contribution < -0.4 is 10.1 Å². The molecule has 1 atom stereocenters. The summed E-state index contributed by atoms with van der Waals surface area (Å²) in [6.07, 6.45) is -0.871. The van der Waals surface area contributed by atoms with Crippen LogP contribution in [0.1, 0.15) is 17.3 Å². The average Bonchev–Trinajstić information content (AvgIpc) is 2.57. The van der Waals surface area contributed by atoms with Gasteiger partial charge in [0.25, 0.3) is 5.91 Å². The minimum atomic E-state index is -0.871. The summed E-state index contributed by atoms with van der Waals surface area (Å²) in [6, 6.07) is 10.1. The van der Waals surface area contributed by atoms with E-state index in [4.69, 9.17) is 16.3 Å². The summed E-state index contributed by atoms with van der Waals surface area (Å²) in [7, 11) is 1.29. The molecule has 0 bridgehead atoms. The molecule has 7 heteroatoms. The highest BCUT2D eigenvalue weighted by molar-refractivity contribution is 6.30. The van der Waals surface area contributed by atoms with Crippen LogP contribution in [0.15, 0.2) is 42.5 Å². The van der Waals surface area contributed by atoms with Crippen molar-refractivity contribution >= 4 is 29.2 Å². The van der Waals surface area contributed by atoms with Gasteiger partial charge in [0.1, 0.15) is 11.6 Å². The van der Waals surface area contributed by atoms with Gasteiger partial charge in [-0.3, -0.25) is 4.79 Å². The maximum atomic E-state index is 13.7. The minimum absolute atomic E-state index is 0.0147. The number of halogens is 2. The molecule has 0 aromatic heterocycles. The lowest BCUT2D eigenvalue weighted by atomic mass is 10.2. The highest BCUT2D eigenvalue weighted by Crippen LogP contribution is 2.20. The third kappa shape index (κ3) is 4.45. The number of amides is 1. The number of anilines is 1. The standard InChI is InChI=1S/C17H15ClFNO4/c1-10(16(21)20-15-8-5-12(18)9-14(15)19)24-13-6-3-11(4-7-13)17(22)23-2/h3-10H,1-2H3,(H,20,21). The lowest BCUT2D eigenvalue weighted by molar-refractivity contribution is -0.122. The second kappa shape index (κ2) is 7.79. The first-order valence-corrected chi connectivity index (χ1v) is 7.39. The molecule has 1 amide bonds. The zero-order valence-electron chi connectivity index (χ0n) is 13.0. The predicted octanol–water partition coefficient (Wildman–Crippen LogP) is 3.67. The normalized spacial score (nSPS) is 11.5. The van der Waals surface area contributed by atoms with Crippen LogP contribution in [-0.2, 0) is 9.53 Å². The van der Waals surface area contributed by atoms with Crippen molar-refractivity contribution in [2.75, 3.05) is 12.4 Å². The summed E-state index contributed by atoms with van der Waals surface area (Å²) in [5, 5.41) is 2.66. The number of carbonyl (C=O) groups excluding carboxylic acids is 2. The number of hydrogen-bond donors (Lipinski definition) is 1. The van der Waals surface area contributed by atoms with Crippen LogP contribution in [0.5, 0.6) is 5.75 Å². The molecule has 2 rings (SSSR count). The lowest BCUT2D eigenvalue weighted by Gasteiger charge is -2.15. The van der Waals surface area contributed by atoms with E-state index in [-0.39, 0.29) is 10.7 Å². The minimum Gasteiger partial charge on any atom is -0.481 e. The number of nitrogens with one attached hydrogen (secondary N) is 1. The van der Waals surface area contributed by atoms with Gasteiger partial charge in [-0.05, 0) is 49.4 Å². The number of carbonyl (C=O) groups is 2. The highest BCUT2D eigenvalue weighted by Gasteiger charge is 2.17. The van der Waals surface area contributed by atoms with Gasteiger partial charge in [0.15, 0.2) is 6.10 Å². The maximum Gasteiger partial charge on any atom is 0.337 e. The molecule has 0 radical (unpaired) electrons. The Balaban J connectivity index is 1.99. The Morgan fingerprint density at radius 2 is 1.83 bits per heavy atom. The van der Waals surface area contributed by atoms with E-state index >= 15 is 0 Å². The van der Waals surface area contributed by atoms with Gasteiger partial charge < -0.3 is 14.8 Å². The van der Waals surface area contributed by atoms with Gasteiger partial charge in [-0.25, -0.2) is 9.18 Å². The monoisotopic (exact) mass is 351 g/mol. The first-order chi connectivity index (χ1) is 11.4. The maximum absolute atomic E-state index is 13.7. The Bertz CT molecular complexity index is 749. The third-order valence-electron chi connectivity index (χ3n) is 3.15. The molecule has 126 valence electrons. The predicted molar refractivity (Wildman–Crippen MR) is 87.9 cm³/mol. The highest BCUT2D eigenvalue weighted by atomic mass is 35.5. The summed E-state index contributed by atoms with van der Waals surface area (Å²) < 4.78 is 23.7. The van der Waals surface area contributed by atoms with Gasteiger partial charge in [0.05, 0.1) is 18.4 Å². The van der Waals surface area contributed by atoms with Crippen molar-refractivity contribution in [3.05, 3.63) is 58.9 Å². The second-order valence-corrected chi connectivity index (χ2v) is 5.33. The molecule has 0 saturated heterocycles. The lowest BCUT2D eigenvalue weighted by Crippen LogP contribution is -2.30. The van der Waals surface area contributed by atoms with Crippen LogP contribution in [0.3, 0.4) is 0 Å². The van der Waals surface area contributed by atoms with E-state index in [9.17, 15) is 14.0 Å². The van der Waals surface area contributed by atoms with Gasteiger partial charge in [-0.2, -0.15) is 0 Å². The summed E-state index contributed by atoms with van der Waals surface area (Å²) in [4.78, 5) is 23.4. The average molecular weight is 352 g/mol. The molecule has 2 aromatic carbocycles. The van der Waals surface area contributed by atoms with Crippen LogP contribution in [0.2, 0.25) is 5.02 Å². The molecule has 0 aliphatic rings. The Morgan fingerprint density at radius 1 is 1.17 bits per heavy atom. The molecule has 0 fully saturated rings. The molecule has 0 saturated carbocycles. The SMILES string of the molecule is COC(=O)c1ccc(OC(C)C(=O)Nc2ccc(Cl)cc2F)cc1. The molecule has 1 unspecified atom stereocenters. The number of esters is 1. The quantitative estimate of drug-likeness (QED) is 0.835. The van der Waals surface area contributed by atoms with Crippen molar-refractivity contribution in [1.82, 2.24) is 0 Å². The Labute approximate surface area is 143 Å². The molecule has 0 aliphatic carbocycles. The topological polar surface area (TPSA) is 64.6 Å². The molecular formula is C17H15ClFNO4. The largest absolute Gasteiger partial charge is 0.481 e. The summed E-state index contributed by atoms with van der Waals surface area (Å²) >= 11 is 5.66. The molecular weight excluding hydrogens is 337 g/mol. The fraction of sp³-hybridized carbons (Fsp3) is 0.176. The number of methoxy groups -OCH3 is 1. The molecule has 2 aromatic rings. The van der Waals surface area contributed by atoms with Gasteiger partial charge in [0.2, 0.25) is 0 Å². The third-order valence-corrected chi connectivity index (χ3v) is 3.38. The summed E-state index contributed by atoms with van der Waals surface area (Å²) in [5.41, 5.74) is 0.381. The van der Waals surface area contributed by atoms with Crippen LogP contribution >= 0.6 is 11.6 Å². The first kappa shape index (κ1) is 17.7. The van der Waals surface area contributed by atoms with E-state index < -0.39 is 23.8 Å². The molecule has 0 aliphatic heterocycles. The van der Waals surface area contributed by atoms with Gasteiger partial charge in [-0.15, -0.1) is 0 Å². The van der Waals surface area contributed by atoms with Crippen molar-refractivity contribution < 1.29 is 23.5 Å². The smallest absolute Gasteiger partial charge is 0.337 e. The van der Waals surface area contributed by atoms with Crippen LogP contribution in [0.4, 0.5) is 10.1 Å². The number of benzene rings is 2. The van der Waals surface area contributed by atoms with E-state index in [0.717, 1.165) is 6.07 Å². The zero-order valence-corrected chi connectivity index (χ0v) is 13.8. The molecule has 5 nitrogen and oxygen atoms in total. The number of ether oxygens (including phenoxy) is 2. The van der Waals surface area contributed by atoms with E-state index in [2.05, 4.69) is 10.1 Å². The van der Waals surface area contributed by atoms with Crippen molar-refractivity contribution in [2.24, 2.45) is 0 Å². The first-order valence-electron chi connectivity index (χ1n) is 7.01. The number of hydrogen-bond acceptors (Lipinski definition) is 4. The van der Waals surface area contributed by atoms with Crippen LogP contribution in [-0.4, -0.2) is 25.1 Å². The van der Waals surface area contributed by atoms with Crippen molar-refractivity contribution in [3.8, 4) is 5.75 Å². The molecule has 1 N–H and O–H groups in total. The Hall–Kier alpha value is -2.60. The Kier molecular flexibility index (Phi) is 5.76. The van der Waals surface area contributed by atoms with E-state index in [1.165, 1.54) is 38.3 Å². The summed E-state index contributed by atoms with van der Waals surface area (Å²) in [5.74, 6) is -1.23. The fourth-order valence-corrected chi connectivity index (χ4v) is 2.03. The van der Waals surface area contributed by atoms with E-state index in [0.29, 0.717) is 11.3 Å². The van der Waals surface area contributed by atoms with E-state index in [1.54, 1.807) is 12.1 Å².